The average Bonchev–Trinajstić information content (AvgIpc) is 2.69. The second-order valence-electron chi connectivity index (χ2n) is 4.35. The van der Waals surface area contributed by atoms with Crippen LogP contribution in [0.2, 0.25) is 0 Å². The summed E-state index contributed by atoms with van der Waals surface area (Å²) in [4.78, 5) is 8.48. The Balaban J connectivity index is 2.21. The van der Waals surface area contributed by atoms with Gasteiger partial charge < -0.3 is 10.2 Å². The molecule has 4 nitrogen and oxygen atoms in total. The average molecular weight is 239 g/mol. The fraction of sp³-hybridized carbons (Fsp3) is 0.143. The molecule has 3 rings (SSSR count). The van der Waals surface area contributed by atoms with Gasteiger partial charge in [0.1, 0.15) is 17.2 Å². The highest BCUT2D eigenvalue weighted by Crippen LogP contribution is 2.27. The molecule has 18 heavy (non-hydrogen) atoms. The minimum Gasteiger partial charge on any atom is -0.464 e. The number of rotatable bonds is 1. The zero-order chi connectivity index (χ0) is 12.7. The Kier molecular flexibility index (Phi) is 2.30. The van der Waals surface area contributed by atoms with Crippen molar-refractivity contribution >= 4 is 16.8 Å². The van der Waals surface area contributed by atoms with Gasteiger partial charge in [0.2, 0.25) is 0 Å². The van der Waals surface area contributed by atoms with E-state index in [1.807, 2.05) is 26.0 Å². The van der Waals surface area contributed by atoms with E-state index in [1.165, 1.54) is 0 Å². The van der Waals surface area contributed by atoms with Crippen molar-refractivity contribution in [2.75, 3.05) is 5.73 Å². The van der Waals surface area contributed by atoms with Crippen molar-refractivity contribution in [2.45, 2.75) is 13.8 Å². The van der Waals surface area contributed by atoms with Crippen LogP contribution >= 0.6 is 0 Å². The molecule has 2 N–H and O–H groups in total. The molecule has 2 aromatic heterocycles. The number of nitrogen functional groups attached to an aromatic ring is 1. The Hall–Kier alpha value is -2.36. The van der Waals surface area contributed by atoms with Crippen LogP contribution in [-0.2, 0) is 0 Å². The van der Waals surface area contributed by atoms with Crippen LogP contribution in [0.5, 0.6) is 0 Å². The molecule has 1 aromatic carbocycles. The van der Waals surface area contributed by atoms with Crippen LogP contribution in [0.4, 0.5) is 5.82 Å². The summed E-state index contributed by atoms with van der Waals surface area (Å²) in [5.41, 5.74) is 9.60. The van der Waals surface area contributed by atoms with E-state index < -0.39 is 0 Å². The highest BCUT2D eigenvalue weighted by molar-refractivity contribution is 5.85. The minimum absolute atomic E-state index is 0.488. The fourth-order valence-corrected chi connectivity index (χ4v) is 2.05. The van der Waals surface area contributed by atoms with Crippen LogP contribution in [0.1, 0.15) is 11.4 Å². The smallest absolute Gasteiger partial charge is 0.134 e. The molecular formula is C14H13N3O. The summed E-state index contributed by atoms with van der Waals surface area (Å²) in [6.45, 7) is 3.86. The summed E-state index contributed by atoms with van der Waals surface area (Å²) in [5, 5.41) is 1.10. The number of nitrogens with two attached hydrogens (primary N) is 1. The van der Waals surface area contributed by atoms with Crippen LogP contribution in [0.3, 0.4) is 0 Å². The number of hydrogen-bond acceptors (Lipinski definition) is 4. The molecule has 0 amide bonds. The van der Waals surface area contributed by atoms with Crippen LogP contribution < -0.4 is 5.73 Å². The molecule has 2 heterocycles. The molecule has 3 aromatic rings. The number of nitrogens with zero attached hydrogens (tertiary/aromatic N) is 2. The van der Waals surface area contributed by atoms with Crippen molar-refractivity contribution in [1.29, 1.82) is 0 Å². The lowest BCUT2D eigenvalue weighted by atomic mass is 10.1. The van der Waals surface area contributed by atoms with Gasteiger partial charge in [-0.05, 0) is 37.6 Å². The first-order valence-corrected chi connectivity index (χ1v) is 5.73. The number of benzene rings is 1. The van der Waals surface area contributed by atoms with E-state index >= 15 is 0 Å². The van der Waals surface area contributed by atoms with Crippen molar-refractivity contribution in [1.82, 2.24) is 9.97 Å². The second kappa shape index (κ2) is 3.84. The number of furan rings is 1. The van der Waals surface area contributed by atoms with E-state index in [2.05, 4.69) is 16.0 Å². The van der Waals surface area contributed by atoms with Crippen molar-refractivity contribution in [3.8, 4) is 11.3 Å². The van der Waals surface area contributed by atoms with E-state index in [-0.39, 0.29) is 0 Å². The van der Waals surface area contributed by atoms with Gasteiger partial charge in [0.05, 0.1) is 12.0 Å². The molecule has 0 fully saturated rings. The Bertz CT molecular complexity index is 711. The Morgan fingerprint density at radius 2 is 1.94 bits per heavy atom. The second-order valence-corrected chi connectivity index (χ2v) is 4.35. The summed E-state index contributed by atoms with van der Waals surface area (Å²) >= 11 is 0. The quantitative estimate of drug-likeness (QED) is 0.708. The topological polar surface area (TPSA) is 64.9 Å². The van der Waals surface area contributed by atoms with Crippen molar-refractivity contribution in [3.05, 3.63) is 41.9 Å². The van der Waals surface area contributed by atoms with Crippen molar-refractivity contribution in [3.63, 3.8) is 0 Å². The van der Waals surface area contributed by atoms with Gasteiger partial charge in [-0.15, -0.1) is 0 Å². The van der Waals surface area contributed by atoms with Crippen molar-refractivity contribution < 1.29 is 4.42 Å². The Labute approximate surface area is 104 Å². The lowest BCUT2D eigenvalue weighted by molar-refractivity contribution is 0.613. The normalized spacial score (nSPS) is 11.0. The van der Waals surface area contributed by atoms with Gasteiger partial charge in [0.25, 0.3) is 0 Å². The summed E-state index contributed by atoms with van der Waals surface area (Å²) in [6.07, 6.45) is 1.76. The van der Waals surface area contributed by atoms with Gasteiger partial charge >= 0.3 is 0 Å². The summed E-state index contributed by atoms with van der Waals surface area (Å²) in [7, 11) is 0. The number of aromatic nitrogens is 2. The van der Waals surface area contributed by atoms with E-state index in [0.29, 0.717) is 11.6 Å². The molecule has 0 bridgehead atoms. The van der Waals surface area contributed by atoms with E-state index in [0.717, 1.165) is 27.8 Å². The zero-order valence-electron chi connectivity index (χ0n) is 10.3. The Morgan fingerprint density at radius 3 is 2.72 bits per heavy atom. The molecule has 0 radical (unpaired) electrons. The Morgan fingerprint density at radius 1 is 1.11 bits per heavy atom. The third-order valence-electron chi connectivity index (χ3n) is 2.92. The predicted molar refractivity (Wildman–Crippen MR) is 71.1 cm³/mol. The van der Waals surface area contributed by atoms with Gasteiger partial charge in [0, 0.05) is 17.0 Å². The monoisotopic (exact) mass is 239 g/mol. The number of hydrogen-bond donors (Lipinski definition) is 1. The van der Waals surface area contributed by atoms with E-state index in [1.54, 1.807) is 12.3 Å². The van der Waals surface area contributed by atoms with Crippen LogP contribution in [0.25, 0.3) is 22.2 Å². The summed E-state index contributed by atoms with van der Waals surface area (Å²) in [6, 6.07) is 7.77. The third-order valence-corrected chi connectivity index (χ3v) is 2.92. The van der Waals surface area contributed by atoms with Crippen LogP contribution in [-0.4, -0.2) is 9.97 Å². The maximum atomic E-state index is 5.75. The van der Waals surface area contributed by atoms with Crippen LogP contribution in [0, 0.1) is 13.8 Å². The molecule has 0 aliphatic rings. The van der Waals surface area contributed by atoms with Gasteiger partial charge in [0.15, 0.2) is 0 Å². The molecule has 0 saturated heterocycles. The third kappa shape index (κ3) is 1.72. The largest absolute Gasteiger partial charge is 0.464 e. The maximum absolute atomic E-state index is 5.75. The fourth-order valence-electron chi connectivity index (χ4n) is 2.05. The zero-order valence-corrected chi connectivity index (χ0v) is 10.3. The molecule has 4 heteroatoms. The molecule has 0 saturated carbocycles. The lowest BCUT2D eigenvalue weighted by Gasteiger charge is -2.03. The first-order valence-electron chi connectivity index (χ1n) is 5.73. The standard InChI is InChI=1S/C14H13N3O/c1-8-7-18-13-4-3-10(5-11(8)13)12-6-14(15)17-9(2)16-12/h3-7H,1-2H3,(H2,15,16,17). The first kappa shape index (κ1) is 10.8. The molecule has 90 valence electrons. The molecule has 0 unspecified atom stereocenters. The number of fused-ring (bicyclic) bond motifs is 1. The predicted octanol–water partition coefficient (Wildman–Crippen LogP) is 3.09. The number of aryl methyl sites for hydroxylation is 2. The van der Waals surface area contributed by atoms with Gasteiger partial charge in [-0.1, -0.05) is 0 Å². The molecular weight excluding hydrogens is 226 g/mol. The number of anilines is 1. The molecule has 0 spiro atoms. The maximum Gasteiger partial charge on any atom is 0.134 e. The van der Waals surface area contributed by atoms with E-state index in [4.69, 9.17) is 10.2 Å². The SMILES string of the molecule is Cc1nc(N)cc(-c2ccc3occ(C)c3c2)n1. The lowest BCUT2D eigenvalue weighted by Crippen LogP contribution is -1.97. The van der Waals surface area contributed by atoms with Gasteiger partial charge in [-0.2, -0.15) is 0 Å². The highest BCUT2D eigenvalue weighted by Gasteiger charge is 2.07. The summed E-state index contributed by atoms with van der Waals surface area (Å²) < 4.78 is 5.43. The highest BCUT2D eigenvalue weighted by atomic mass is 16.3. The van der Waals surface area contributed by atoms with Gasteiger partial charge in [-0.3, -0.25) is 0 Å². The molecule has 0 aliphatic heterocycles. The molecule has 0 atom stereocenters. The van der Waals surface area contributed by atoms with Gasteiger partial charge in [-0.25, -0.2) is 9.97 Å². The van der Waals surface area contributed by atoms with Crippen LogP contribution in [0.15, 0.2) is 34.9 Å². The summed E-state index contributed by atoms with van der Waals surface area (Å²) in [5.74, 6) is 1.16. The molecule has 0 aliphatic carbocycles. The van der Waals surface area contributed by atoms with E-state index in [9.17, 15) is 0 Å². The van der Waals surface area contributed by atoms with Crippen molar-refractivity contribution in [2.24, 2.45) is 0 Å². The first-order chi connectivity index (χ1) is 8.63. The minimum atomic E-state index is 0.488.